The summed E-state index contributed by atoms with van der Waals surface area (Å²) in [6.45, 7) is 9.00. The molecule has 2 unspecified atom stereocenters. The molecule has 2 aromatic rings. The summed E-state index contributed by atoms with van der Waals surface area (Å²) in [7, 11) is -1.74. The normalized spacial score (nSPS) is 13.7. The molecule has 0 aromatic heterocycles. The number of carbonyl (C=O) groups is 2. The number of rotatable bonds is 18. The van der Waals surface area contributed by atoms with Gasteiger partial charge in [-0.25, -0.2) is 0 Å². The van der Waals surface area contributed by atoms with Crippen molar-refractivity contribution in [3.8, 4) is 0 Å². The molecule has 2 aromatic carbocycles. The Morgan fingerprint density at radius 1 is 0.703 bits per heavy atom. The van der Waals surface area contributed by atoms with Gasteiger partial charge in [0.15, 0.2) is 0 Å². The van der Waals surface area contributed by atoms with Gasteiger partial charge in [0.05, 0.1) is 0 Å². The summed E-state index contributed by atoms with van der Waals surface area (Å²) >= 11 is 3.50. The van der Waals surface area contributed by atoms with Crippen molar-refractivity contribution in [2.45, 2.75) is 86.5 Å². The molecule has 0 saturated carbocycles. The fourth-order valence-corrected chi connectivity index (χ4v) is 15.7. The van der Waals surface area contributed by atoms with E-state index in [-0.39, 0.29) is 0 Å². The summed E-state index contributed by atoms with van der Waals surface area (Å²) in [5.74, 6) is -1.73. The van der Waals surface area contributed by atoms with Crippen LogP contribution in [0.4, 0.5) is 0 Å². The van der Waals surface area contributed by atoms with Crippen molar-refractivity contribution < 1.29 is 19.8 Å². The molecule has 0 bridgehead atoms. The molecule has 0 spiro atoms. The van der Waals surface area contributed by atoms with Crippen LogP contribution in [0.5, 0.6) is 0 Å². The van der Waals surface area contributed by atoms with Gasteiger partial charge in [0.25, 0.3) is 0 Å². The first kappa shape index (κ1) is 31.7. The number of carboxylic acid groups (broad SMARTS) is 2. The molecule has 2 atom stereocenters. The van der Waals surface area contributed by atoms with Gasteiger partial charge in [-0.2, -0.15) is 0 Å². The van der Waals surface area contributed by atoms with E-state index in [0.29, 0.717) is 21.6 Å². The van der Waals surface area contributed by atoms with Crippen LogP contribution in [-0.4, -0.2) is 57.3 Å². The third-order valence-electron chi connectivity index (χ3n) is 7.18. The van der Waals surface area contributed by atoms with E-state index in [1.165, 1.54) is 50.3 Å². The molecule has 2 N–H and O–H groups in total. The molecule has 0 fully saturated rings. The quantitative estimate of drug-likeness (QED) is 0.139. The molecule has 0 aliphatic heterocycles. The Hall–Kier alpha value is -1.49. The molecule has 206 valence electrons. The second-order valence-corrected chi connectivity index (χ2v) is 17.5. The Morgan fingerprint density at radius 2 is 1.08 bits per heavy atom. The Bertz CT molecular complexity index is 918. The monoisotopic (exact) mass is 564 g/mol. The third-order valence-corrected chi connectivity index (χ3v) is 16.2. The Labute approximate surface area is 232 Å². The van der Waals surface area contributed by atoms with Crippen LogP contribution in [0.15, 0.2) is 58.3 Å². The molecule has 37 heavy (non-hydrogen) atoms. The van der Waals surface area contributed by atoms with Crippen LogP contribution >= 0.6 is 30.8 Å². The number of hydrogen-bond donors (Lipinski definition) is 2. The van der Waals surface area contributed by atoms with Crippen LogP contribution < -0.4 is 0 Å². The van der Waals surface area contributed by atoms with Crippen LogP contribution in [0.25, 0.3) is 0 Å². The fourth-order valence-electron chi connectivity index (χ4n) is 5.08. The van der Waals surface area contributed by atoms with E-state index >= 15 is 0 Å². The number of unbranched alkanes of at least 4 members (excludes halogenated alkanes) is 2. The summed E-state index contributed by atoms with van der Waals surface area (Å²) in [5.41, 5.74) is 0.792. The first-order valence-electron chi connectivity index (χ1n) is 13.8. The van der Waals surface area contributed by atoms with E-state index in [9.17, 15) is 19.8 Å². The minimum absolute atomic E-state index is 0.384. The molecular formula is C30H45O4PS2. The van der Waals surface area contributed by atoms with E-state index < -0.39 is 19.2 Å². The van der Waals surface area contributed by atoms with Gasteiger partial charge in [0, 0.05) is 0 Å². The van der Waals surface area contributed by atoms with Crippen molar-refractivity contribution in [1.82, 2.24) is 0 Å². The van der Waals surface area contributed by atoms with E-state index in [4.69, 9.17) is 0 Å². The Morgan fingerprint density at radius 3 is 1.41 bits per heavy atom. The van der Waals surface area contributed by atoms with Gasteiger partial charge < -0.3 is 0 Å². The third kappa shape index (κ3) is 9.96. The van der Waals surface area contributed by atoms with Crippen molar-refractivity contribution >= 4 is 42.7 Å². The van der Waals surface area contributed by atoms with Crippen molar-refractivity contribution in [1.29, 1.82) is 0 Å². The summed E-state index contributed by atoms with van der Waals surface area (Å²) in [6.07, 6.45) is 11.8. The van der Waals surface area contributed by atoms with Gasteiger partial charge >= 0.3 is 233 Å². The SMILES string of the molecule is CCCC[PH](CCCC)(CC(CC)Sc1ccccc1C(=O)O)CC(CC)Sc1ccccc1C(=O)O. The zero-order valence-corrected chi connectivity index (χ0v) is 25.5. The molecule has 4 nitrogen and oxygen atoms in total. The number of carboxylic acids is 2. The minimum atomic E-state index is -1.74. The summed E-state index contributed by atoms with van der Waals surface area (Å²) < 4.78 is 0. The average molecular weight is 565 g/mol. The molecule has 0 aliphatic rings. The first-order valence-corrected chi connectivity index (χ1v) is 18.4. The summed E-state index contributed by atoms with van der Waals surface area (Å²) in [4.78, 5) is 25.4. The molecule has 0 aliphatic carbocycles. The molecule has 0 radical (unpaired) electrons. The maximum absolute atomic E-state index is 11.8. The zero-order chi connectivity index (χ0) is 27.3. The van der Waals surface area contributed by atoms with Gasteiger partial charge in [0.1, 0.15) is 0 Å². The van der Waals surface area contributed by atoms with Crippen LogP contribution in [0, 0.1) is 0 Å². The van der Waals surface area contributed by atoms with Gasteiger partial charge in [-0.1, -0.05) is 0 Å². The van der Waals surface area contributed by atoms with Crippen molar-refractivity contribution in [2.24, 2.45) is 0 Å². The zero-order valence-electron chi connectivity index (χ0n) is 22.9. The average Bonchev–Trinajstić information content (AvgIpc) is 2.90. The summed E-state index contributed by atoms with van der Waals surface area (Å²) in [6, 6.07) is 14.8. The fraction of sp³-hybridized carbons (Fsp3) is 0.533. The molecular weight excluding hydrogens is 519 g/mol. The number of hydrogen-bond acceptors (Lipinski definition) is 4. The van der Waals surface area contributed by atoms with Crippen LogP contribution in [0.2, 0.25) is 0 Å². The van der Waals surface area contributed by atoms with Crippen LogP contribution in [0.3, 0.4) is 0 Å². The van der Waals surface area contributed by atoms with Crippen molar-refractivity contribution in [3.63, 3.8) is 0 Å². The Kier molecular flexibility index (Phi) is 14.1. The number of aromatic carboxylic acids is 2. The first-order chi connectivity index (χ1) is 17.8. The second kappa shape index (κ2) is 16.5. The van der Waals surface area contributed by atoms with E-state index in [2.05, 4.69) is 27.7 Å². The maximum atomic E-state index is 11.8. The summed E-state index contributed by atoms with van der Waals surface area (Å²) in [5, 5.41) is 20.2. The van der Waals surface area contributed by atoms with Gasteiger partial charge in [-0.15, -0.1) is 0 Å². The molecule has 0 heterocycles. The topological polar surface area (TPSA) is 74.6 Å². The number of thioether (sulfide) groups is 2. The van der Waals surface area contributed by atoms with E-state index in [1.54, 1.807) is 47.8 Å². The van der Waals surface area contributed by atoms with Crippen molar-refractivity contribution in [3.05, 3.63) is 59.7 Å². The molecule has 0 saturated heterocycles. The van der Waals surface area contributed by atoms with Gasteiger partial charge in [-0.05, 0) is 0 Å². The van der Waals surface area contributed by atoms with Gasteiger partial charge in [0.2, 0.25) is 0 Å². The molecule has 2 rings (SSSR count). The van der Waals surface area contributed by atoms with E-state index in [1.807, 2.05) is 24.3 Å². The molecule has 7 heteroatoms. The Balaban J connectivity index is 2.36. The second-order valence-electron chi connectivity index (χ2n) is 10.0. The standard InChI is InChI=1S/C30H45O4PS2/c1-5-9-19-35(20-10-6-2,21-23(7-3)36-27-17-13-11-15-25(27)29(31)32)22-24(8-4)37-28-18-14-12-16-26(28)30(33)34/h11-18,23-24,35H,5-10,19-22H2,1-4H3,(H,31,32)(H,33,34). The predicted octanol–water partition coefficient (Wildman–Crippen LogP) is 8.87. The van der Waals surface area contributed by atoms with Crippen LogP contribution in [-0.2, 0) is 0 Å². The van der Waals surface area contributed by atoms with Gasteiger partial charge in [-0.3, -0.25) is 0 Å². The van der Waals surface area contributed by atoms with E-state index in [0.717, 1.165) is 22.6 Å². The predicted molar refractivity (Wildman–Crippen MR) is 164 cm³/mol. The molecule has 0 amide bonds. The van der Waals surface area contributed by atoms with Crippen LogP contribution in [0.1, 0.15) is 86.9 Å². The van der Waals surface area contributed by atoms with Crippen molar-refractivity contribution in [2.75, 3.05) is 24.6 Å². The number of benzene rings is 2.